The maximum absolute atomic E-state index is 12.5. The number of ether oxygens (including phenoxy) is 1. The molecule has 0 atom stereocenters. The van der Waals surface area contributed by atoms with Crippen LogP contribution >= 0.6 is 27.3 Å². The van der Waals surface area contributed by atoms with Crippen LogP contribution < -0.4 is 10.9 Å². The summed E-state index contributed by atoms with van der Waals surface area (Å²) in [5, 5.41) is 4.91. The molecule has 1 amide bonds. The fourth-order valence-electron chi connectivity index (χ4n) is 2.32. The van der Waals surface area contributed by atoms with E-state index in [0.29, 0.717) is 16.0 Å². The number of rotatable bonds is 6. The van der Waals surface area contributed by atoms with Crippen molar-refractivity contribution in [3.63, 3.8) is 0 Å². The second-order valence-electron chi connectivity index (χ2n) is 5.46. The number of esters is 1. The zero-order chi connectivity index (χ0) is 19.4. The molecule has 27 heavy (non-hydrogen) atoms. The molecule has 1 N–H and O–H groups in total. The van der Waals surface area contributed by atoms with Crippen LogP contribution in [0.2, 0.25) is 0 Å². The third-order valence-electron chi connectivity index (χ3n) is 3.60. The Morgan fingerprint density at radius 3 is 2.96 bits per heavy atom. The molecule has 0 fully saturated rings. The molecular formula is C17H15BrN4O4S. The van der Waals surface area contributed by atoms with Gasteiger partial charge in [0.15, 0.2) is 10.8 Å². The highest BCUT2D eigenvalue weighted by Crippen LogP contribution is 2.17. The second-order valence-corrected chi connectivity index (χ2v) is 7.23. The summed E-state index contributed by atoms with van der Waals surface area (Å²) in [7, 11) is 0. The van der Waals surface area contributed by atoms with E-state index in [-0.39, 0.29) is 36.7 Å². The normalized spacial score (nSPS) is 10.7. The third kappa shape index (κ3) is 4.58. The van der Waals surface area contributed by atoms with E-state index in [2.05, 4.69) is 31.2 Å². The third-order valence-corrected chi connectivity index (χ3v) is 4.85. The number of nitrogens with zero attached hydrogens (tertiary/aromatic N) is 3. The number of nitrogens with one attached hydrogen (secondary N) is 1. The lowest BCUT2D eigenvalue weighted by molar-refractivity contribution is -0.116. The van der Waals surface area contributed by atoms with Crippen molar-refractivity contribution in [1.82, 2.24) is 14.5 Å². The van der Waals surface area contributed by atoms with E-state index in [1.165, 1.54) is 16.3 Å². The largest absolute Gasteiger partial charge is 0.461 e. The highest BCUT2D eigenvalue weighted by atomic mass is 79.9. The van der Waals surface area contributed by atoms with Gasteiger partial charge in [-0.05, 0) is 25.1 Å². The summed E-state index contributed by atoms with van der Waals surface area (Å²) >= 11 is 4.46. The molecule has 10 heteroatoms. The summed E-state index contributed by atoms with van der Waals surface area (Å²) in [4.78, 5) is 44.5. The maximum Gasteiger partial charge on any atom is 0.357 e. The van der Waals surface area contributed by atoms with Gasteiger partial charge in [-0.15, -0.1) is 11.3 Å². The summed E-state index contributed by atoms with van der Waals surface area (Å²) < 4.78 is 7.02. The number of carbonyl (C=O) groups excluding carboxylic acids is 2. The van der Waals surface area contributed by atoms with Crippen molar-refractivity contribution in [2.75, 3.05) is 11.9 Å². The lowest BCUT2D eigenvalue weighted by Gasteiger charge is -2.06. The predicted octanol–water partition coefficient (Wildman–Crippen LogP) is 2.82. The molecule has 0 radical (unpaired) electrons. The van der Waals surface area contributed by atoms with Crippen LogP contribution in [-0.4, -0.2) is 33.0 Å². The summed E-state index contributed by atoms with van der Waals surface area (Å²) in [6.07, 6.45) is 1.49. The zero-order valence-corrected chi connectivity index (χ0v) is 16.7. The van der Waals surface area contributed by atoms with Crippen molar-refractivity contribution in [2.24, 2.45) is 0 Å². The quantitative estimate of drug-likeness (QED) is 0.579. The van der Waals surface area contributed by atoms with Crippen molar-refractivity contribution in [1.29, 1.82) is 0 Å². The Morgan fingerprint density at radius 2 is 2.19 bits per heavy atom. The first-order valence-electron chi connectivity index (χ1n) is 8.05. The molecule has 3 rings (SSSR count). The second kappa shape index (κ2) is 8.40. The van der Waals surface area contributed by atoms with Gasteiger partial charge in [0.05, 0.1) is 23.8 Å². The lowest BCUT2D eigenvalue weighted by atomic mass is 10.2. The van der Waals surface area contributed by atoms with Gasteiger partial charge in [-0.1, -0.05) is 15.9 Å². The Labute approximate surface area is 166 Å². The number of aromatic nitrogens is 3. The van der Waals surface area contributed by atoms with Crippen LogP contribution in [0, 0.1) is 0 Å². The van der Waals surface area contributed by atoms with Crippen molar-refractivity contribution in [3.05, 3.63) is 50.4 Å². The summed E-state index contributed by atoms with van der Waals surface area (Å²) in [5.41, 5.74) is 0.531. The van der Waals surface area contributed by atoms with Crippen LogP contribution in [0.1, 0.15) is 23.8 Å². The first kappa shape index (κ1) is 19.2. The van der Waals surface area contributed by atoms with Gasteiger partial charge in [-0.3, -0.25) is 14.2 Å². The fraction of sp³-hybridized carbons (Fsp3) is 0.235. The molecule has 2 aromatic heterocycles. The molecule has 0 aliphatic rings. The molecule has 0 bridgehead atoms. The van der Waals surface area contributed by atoms with Crippen molar-refractivity contribution >= 4 is 55.2 Å². The van der Waals surface area contributed by atoms with Gasteiger partial charge in [0.25, 0.3) is 5.56 Å². The number of halogens is 1. The maximum atomic E-state index is 12.5. The van der Waals surface area contributed by atoms with Gasteiger partial charge in [0.2, 0.25) is 5.91 Å². The Balaban J connectivity index is 1.64. The lowest BCUT2D eigenvalue weighted by Crippen LogP contribution is -2.23. The number of amides is 1. The van der Waals surface area contributed by atoms with E-state index < -0.39 is 5.97 Å². The summed E-state index contributed by atoms with van der Waals surface area (Å²) in [6.45, 7) is 2.13. The molecule has 0 saturated heterocycles. The molecule has 0 aliphatic carbocycles. The number of thiazole rings is 1. The highest BCUT2D eigenvalue weighted by Gasteiger charge is 2.13. The molecule has 1 aromatic carbocycles. The van der Waals surface area contributed by atoms with Gasteiger partial charge >= 0.3 is 5.97 Å². The van der Waals surface area contributed by atoms with Gasteiger partial charge in [0.1, 0.15) is 0 Å². The number of carbonyl (C=O) groups is 2. The number of benzene rings is 1. The molecular weight excluding hydrogens is 436 g/mol. The Morgan fingerprint density at radius 1 is 1.37 bits per heavy atom. The number of hydrogen-bond donors (Lipinski definition) is 1. The number of anilines is 1. The summed E-state index contributed by atoms with van der Waals surface area (Å²) in [6, 6.07) is 5.26. The van der Waals surface area contributed by atoms with Crippen LogP contribution in [0.15, 0.2) is 39.2 Å². The van der Waals surface area contributed by atoms with Gasteiger partial charge in [-0.25, -0.2) is 14.8 Å². The first-order chi connectivity index (χ1) is 13.0. The minimum absolute atomic E-state index is 0.0649. The van der Waals surface area contributed by atoms with Crippen molar-refractivity contribution < 1.29 is 14.3 Å². The molecule has 0 aliphatic heterocycles. The number of hydrogen-bond acceptors (Lipinski definition) is 7. The molecule has 0 unspecified atom stereocenters. The standard InChI is InChI=1S/C17H15BrN4O4S/c1-2-26-16(25)13-8-27-17(20-13)21-14(23)5-6-22-9-19-12-4-3-10(18)7-11(12)15(22)24/h3-4,7-9H,2,5-6H2,1H3,(H,20,21,23). The summed E-state index contributed by atoms with van der Waals surface area (Å²) in [5.74, 6) is -0.852. The monoisotopic (exact) mass is 450 g/mol. The first-order valence-corrected chi connectivity index (χ1v) is 9.72. The van der Waals surface area contributed by atoms with Gasteiger partial charge < -0.3 is 10.1 Å². The highest BCUT2D eigenvalue weighted by molar-refractivity contribution is 9.10. The molecule has 140 valence electrons. The fourth-order valence-corrected chi connectivity index (χ4v) is 3.38. The van der Waals surface area contributed by atoms with Gasteiger partial charge in [0, 0.05) is 22.8 Å². The Kier molecular flexibility index (Phi) is 5.97. The predicted molar refractivity (Wildman–Crippen MR) is 105 cm³/mol. The van der Waals surface area contributed by atoms with Crippen LogP contribution in [0.5, 0.6) is 0 Å². The van der Waals surface area contributed by atoms with Crippen molar-refractivity contribution in [2.45, 2.75) is 19.9 Å². The van der Waals surface area contributed by atoms with Crippen LogP contribution in [0.4, 0.5) is 5.13 Å². The van der Waals surface area contributed by atoms with Crippen molar-refractivity contribution in [3.8, 4) is 0 Å². The van der Waals surface area contributed by atoms with Crippen LogP contribution in [0.3, 0.4) is 0 Å². The van der Waals surface area contributed by atoms with E-state index in [9.17, 15) is 14.4 Å². The average molecular weight is 451 g/mol. The van der Waals surface area contributed by atoms with Gasteiger partial charge in [-0.2, -0.15) is 0 Å². The van der Waals surface area contributed by atoms with E-state index in [0.717, 1.165) is 15.8 Å². The Bertz CT molecular complexity index is 1060. The SMILES string of the molecule is CCOC(=O)c1csc(NC(=O)CCn2cnc3ccc(Br)cc3c2=O)n1. The molecule has 8 nitrogen and oxygen atoms in total. The minimum atomic E-state index is -0.533. The van der Waals surface area contributed by atoms with E-state index in [4.69, 9.17) is 4.74 Å². The smallest absolute Gasteiger partial charge is 0.357 e. The number of fused-ring (bicyclic) bond motifs is 1. The molecule has 3 aromatic rings. The van der Waals surface area contributed by atoms with E-state index in [1.807, 2.05) is 6.07 Å². The average Bonchev–Trinajstić information content (AvgIpc) is 3.10. The topological polar surface area (TPSA) is 103 Å². The number of aryl methyl sites for hydroxylation is 1. The Hall–Kier alpha value is -2.59. The van der Waals surface area contributed by atoms with Crippen LogP contribution in [0.25, 0.3) is 10.9 Å². The minimum Gasteiger partial charge on any atom is -0.461 e. The molecule has 0 spiro atoms. The van der Waals surface area contributed by atoms with E-state index in [1.54, 1.807) is 19.1 Å². The van der Waals surface area contributed by atoms with Crippen LogP contribution in [-0.2, 0) is 16.1 Å². The molecule has 0 saturated carbocycles. The van der Waals surface area contributed by atoms with E-state index >= 15 is 0 Å². The molecule has 2 heterocycles. The zero-order valence-electron chi connectivity index (χ0n) is 14.3.